The molecule has 0 aliphatic heterocycles. The summed E-state index contributed by atoms with van der Waals surface area (Å²) in [6.45, 7) is 0. The van der Waals surface area contributed by atoms with Gasteiger partial charge in [0.25, 0.3) is 0 Å². The molecule has 0 radical (unpaired) electrons. The first-order valence-electron chi connectivity index (χ1n) is 6.68. The molecular weight excluding hydrogens is 288 g/mol. The van der Waals surface area contributed by atoms with Gasteiger partial charge in [-0.3, -0.25) is 0 Å². The molecule has 2 atom stereocenters. The molecule has 4 rings (SSSR count). The average molecular weight is 301 g/mol. The maximum atomic E-state index is 6.19. The normalized spacial score (nSPS) is 21.1. The van der Waals surface area contributed by atoms with E-state index in [4.69, 9.17) is 11.6 Å². The van der Waals surface area contributed by atoms with Gasteiger partial charge in [0.1, 0.15) is 0 Å². The molecule has 0 bridgehead atoms. The molecule has 100 valence electrons. The molecule has 3 aromatic rings. The molecule has 2 aromatic carbocycles. The lowest BCUT2D eigenvalue weighted by Gasteiger charge is -2.01. The van der Waals surface area contributed by atoms with Crippen LogP contribution >= 0.6 is 22.9 Å². The van der Waals surface area contributed by atoms with Crippen molar-refractivity contribution in [2.24, 2.45) is 0 Å². The topological polar surface area (TPSA) is 24.9 Å². The predicted molar refractivity (Wildman–Crippen MR) is 85.8 cm³/mol. The third-order valence-electron chi connectivity index (χ3n) is 3.69. The van der Waals surface area contributed by atoms with Crippen molar-refractivity contribution >= 4 is 38.3 Å². The Hall–Kier alpha value is -1.58. The lowest BCUT2D eigenvalue weighted by atomic mass is 10.1. The fourth-order valence-corrected chi connectivity index (χ4v) is 3.78. The molecule has 1 N–H and O–H groups in total. The van der Waals surface area contributed by atoms with E-state index in [9.17, 15) is 0 Å². The number of nitrogens with zero attached hydrogens (tertiary/aromatic N) is 1. The molecule has 1 aliphatic carbocycles. The zero-order valence-electron chi connectivity index (χ0n) is 10.7. The number of fused-ring (bicyclic) bond motifs is 1. The van der Waals surface area contributed by atoms with Crippen molar-refractivity contribution in [1.82, 2.24) is 4.98 Å². The van der Waals surface area contributed by atoms with Gasteiger partial charge >= 0.3 is 0 Å². The number of benzene rings is 2. The van der Waals surface area contributed by atoms with E-state index in [-0.39, 0.29) is 0 Å². The van der Waals surface area contributed by atoms with Crippen LogP contribution in [-0.4, -0.2) is 11.0 Å². The Labute approximate surface area is 126 Å². The van der Waals surface area contributed by atoms with Crippen molar-refractivity contribution < 1.29 is 0 Å². The van der Waals surface area contributed by atoms with Gasteiger partial charge in [-0.2, -0.15) is 0 Å². The minimum atomic E-state index is 0.497. The summed E-state index contributed by atoms with van der Waals surface area (Å²) in [6, 6.07) is 17.0. The summed E-state index contributed by atoms with van der Waals surface area (Å²) in [4.78, 5) is 4.60. The zero-order valence-corrected chi connectivity index (χ0v) is 12.3. The van der Waals surface area contributed by atoms with Crippen LogP contribution < -0.4 is 5.32 Å². The molecule has 1 saturated carbocycles. The van der Waals surface area contributed by atoms with Crippen LogP contribution in [0.2, 0.25) is 5.02 Å². The van der Waals surface area contributed by atoms with Crippen LogP contribution in [0.4, 0.5) is 5.13 Å². The highest BCUT2D eigenvalue weighted by atomic mass is 35.5. The summed E-state index contributed by atoms with van der Waals surface area (Å²) in [5.74, 6) is 0.610. The van der Waals surface area contributed by atoms with Crippen molar-refractivity contribution in [3.05, 3.63) is 59.1 Å². The Morgan fingerprint density at radius 1 is 1.10 bits per heavy atom. The Bertz CT molecular complexity index is 754. The largest absolute Gasteiger partial charge is 0.358 e. The monoisotopic (exact) mass is 300 g/mol. The molecule has 0 saturated heterocycles. The van der Waals surface area contributed by atoms with E-state index in [0.29, 0.717) is 12.0 Å². The Kier molecular flexibility index (Phi) is 2.90. The molecule has 1 aromatic heterocycles. The van der Waals surface area contributed by atoms with Gasteiger partial charge in [-0.25, -0.2) is 4.98 Å². The average Bonchev–Trinajstić information content (AvgIpc) is 3.10. The van der Waals surface area contributed by atoms with Crippen molar-refractivity contribution in [3.63, 3.8) is 0 Å². The lowest BCUT2D eigenvalue weighted by molar-refractivity contribution is 1.04. The number of rotatable bonds is 3. The summed E-state index contributed by atoms with van der Waals surface area (Å²) in [5, 5.41) is 5.28. The van der Waals surface area contributed by atoms with Crippen LogP contribution in [0.15, 0.2) is 48.5 Å². The number of hydrogen-bond acceptors (Lipinski definition) is 3. The zero-order chi connectivity index (χ0) is 13.5. The maximum Gasteiger partial charge on any atom is 0.184 e. The highest BCUT2D eigenvalue weighted by molar-refractivity contribution is 7.22. The first-order valence-corrected chi connectivity index (χ1v) is 7.87. The van der Waals surface area contributed by atoms with Gasteiger partial charge in [0.05, 0.1) is 15.2 Å². The molecule has 1 aliphatic rings. The van der Waals surface area contributed by atoms with Crippen LogP contribution in [0.25, 0.3) is 10.2 Å². The lowest BCUT2D eigenvalue weighted by Crippen LogP contribution is -2.03. The molecule has 0 amide bonds. The van der Waals surface area contributed by atoms with E-state index in [1.54, 1.807) is 11.3 Å². The molecule has 1 heterocycles. The number of halogens is 1. The van der Waals surface area contributed by atoms with E-state index in [0.717, 1.165) is 20.4 Å². The van der Waals surface area contributed by atoms with Gasteiger partial charge in [-0.15, -0.1) is 0 Å². The highest BCUT2D eigenvalue weighted by Crippen LogP contribution is 2.44. The van der Waals surface area contributed by atoms with Crippen LogP contribution in [0, 0.1) is 0 Å². The van der Waals surface area contributed by atoms with Crippen molar-refractivity contribution in [2.45, 2.75) is 18.4 Å². The summed E-state index contributed by atoms with van der Waals surface area (Å²) in [6.07, 6.45) is 1.17. The Morgan fingerprint density at radius 2 is 1.95 bits per heavy atom. The first-order chi connectivity index (χ1) is 9.81. The van der Waals surface area contributed by atoms with E-state index in [1.165, 1.54) is 12.0 Å². The third-order valence-corrected chi connectivity index (χ3v) is 5.16. The quantitative estimate of drug-likeness (QED) is 0.743. The molecule has 1 fully saturated rings. The number of nitrogens with one attached hydrogen (secondary N) is 1. The van der Waals surface area contributed by atoms with Crippen LogP contribution in [0.3, 0.4) is 0 Å². The van der Waals surface area contributed by atoms with Crippen LogP contribution in [0.1, 0.15) is 17.9 Å². The summed E-state index contributed by atoms with van der Waals surface area (Å²) >= 11 is 7.83. The number of aromatic nitrogens is 1. The van der Waals surface area contributed by atoms with Gasteiger partial charge in [0, 0.05) is 12.0 Å². The van der Waals surface area contributed by atoms with Crippen molar-refractivity contribution in [3.8, 4) is 0 Å². The standard InChI is InChI=1S/C16H13ClN2S/c17-12-7-4-8-13-15(12)20-16(18-13)19-14-9-11(14)10-5-2-1-3-6-10/h1-8,11,14H,9H2,(H,18,19). The van der Waals surface area contributed by atoms with Crippen LogP contribution in [-0.2, 0) is 0 Å². The molecule has 4 heteroatoms. The van der Waals surface area contributed by atoms with Crippen LogP contribution in [0.5, 0.6) is 0 Å². The van der Waals surface area contributed by atoms with Gasteiger partial charge in [0.2, 0.25) is 0 Å². The van der Waals surface area contributed by atoms with E-state index in [2.05, 4.69) is 40.6 Å². The van der Waals surface area contributed by atoms with Gasteiger partial charge in [0.15, 0.2) is 5.13 Å². The fraction of sp³-hybridized carbons (Fsp3) is 0.188. The minimum Gasteiger partial charge on any atom is -0.358 e. The second kappa shape index (κ2) is 4.76. The molecule has 2 unspecified atom stereocenters. The fourth-order valence-electron chi connectivity index (χ4n) is 2.56. The highest BCUT2D eigenvalue weighted by Gasteiger charge is 2.38. The SMILES string of the molecule is Clc1cccc2nc(NC3CC3c3ccccc3)sc12. The third kappa shape index (κ3) is 2.17. The second-order valence-corrected chi connectivity index (χ2v) is 6.52. The molecule has 20 heavy (non-hydrogen) atoms. The number of anilines is 1. The molecule has 0 spiro atoms. The second-order valence-electron chi connectivity index (χ2n) is 5.11. The van der Waals surface area contributed by atoms with E-state index < -0.39 is 0 Å². The Balaban J connectivity index is 1.54. The van der Waals surface area contributed by atoms with Crippen molar-refractivity contribution in [2.75, 3.05) is 5.32 Å². The number of thiazole rings is 1. The van der Waals surface area contributed by atoms with E-state index in [1.807, 2.05) is 18.2 Å². The maximum absolute atomic E-state index is 6.19. The first kappa shape index (κ1) is 12.2. The number of hydrogen-bond donors (Lipinski definition) is 1. The minimum absolute atomic E-state index is 0.497. The summed E-state index contributed by atoms with van der Waals surface area (Å²) in [7, 11) is 0. The van der Waals surface area contributed by atoms with E-state index >= 15 is 0 Å². The smallest absolute Gasteiger partial charge is 0.184 e. The summed E-state index contributed by atoms with van der Waals surface area (Å²) < 4.78 is 1.06. The Morgan fingerprint density at radius 3 is 2.75 bits per heavy atom. The van der Waals surface area contributed by atoms with Gasteiger partial charge in [-0.05, 0) is 24.1 Å². The van der Waals surface area contributed by atoms with Gasteiger partial charge in [-0.1, -0.05) is 59.3 Å². The van der Waals surface area contributed by atoms with Crippen molar-refractivity contribution in [1.29, 1.82) is 0 Å². The molecule has 2 nitrogen and oxygen atoms in total. The molecular formula is C16H13ClN2S. The van der Waals surface area contributed by atoms with Gasteiger partial charge < -0.3 is 5.32 Å². The summed E-state index contributed by atoms with van der Waals surface area (Å²) in [5.41, 5.74) is 2.38. The predicted octanol–water partition coefficient (Wildman–Crippen LogP) is 4.92.